The maximum absolute atomic E-state index is 12.8. The van der Waals surface area contributed by atoms with Gasteiger partial charge in [-0.15, -0.1) is 5.10 Å². The Morgan fingerprint density at radius 1 is 0.931 bits per heavy atom. The number of anilines is 1. The SMILES string of the molecule is Cc1ccc(-n2nc(C(=O)Nc3cccc(Cl)c3)nc2-c2cccc(C)c2)cc1. The quantitative estimate of drug-likeness (QED) is 0.493. The molecule has 0 bridgehead atoms. The summed E-state index contributed by atoms with van der Waals surface area (Å²) in [4.78, 5) is 17.3. The van der Waals surface area contributed by atoms with E-state index in [1.165, 1.54) is 0 Å². The molecule has 144 valence electrons. The van der Waals surface area contributed by atoms with Gasteiger partial charge in [-0.25, -0.2) is 9.67 Å². The molecule has 0 radical (unpaired) electrons. The average Bonchev–Trinajstić information content (AvgIpc) is 3.14. The van der Waals surface area contributed by atoms with E-state index in [4.69, 9.17) is 11.6 Å². The lowest BCUT2D eigenvalue weighted by molar-refractivity contribution is 0.101. The number of benzene rings is 3. The first-order valence-electron chi connectivity index (χ1n) is 9.18. The van der Waals surface area contributed by atoms with E-state index in [0.717, 1.165) is 22.4 Å². The number of hydrogen-bond donors (Lipinski definition) is 1. The molecular formula is C23H19ClN4O. The van der Waals surface area contributed by atoms with Gasteiger partial charge < -0.3 is 5.32 Å². The average molecular weight is 403 g/mol. The van der Waals surface area contributed by atoms with E-state index in [9.17, 15) is 4.79 Å². The van der Waals surface area contributed by atoms with Crippen LogP contribution in [0.1, 0.15) is 21.7 Å². The summed E-state index contributed by atoms with van der Waals surface area (Å²) in [5.41, 5.74) is 4.56. The number of rotatable bonds is 4. The van der Waals surface area contributed by atoms with Crippen molar-refractivity contribution in [2.45, 2.75) is 13.8 Å². The van der Waals surface area contributed by atoms with Gasteiger partial charge in [0.1, 0.15) is 0 Å². The van der Waals surface area contributed by atoms with Crippen molar-refractivity contribution < 1.29 is 4.79 Å². The number of aryl methyl sites for hydroxylation is 2. The number of halogens is 1. The summed E-state index contributed by atoms with van der Waals surface area (Å²) in [5.74, 6) is 0.294. The molecule has 0 aliphatic heterocycles. The van der Waals surface area contributed by atoms with Crippen LogP contribution < -0.4 is 5.32 Å². The summed E-state index contributed by atoms with van der Waals surface area (Å²) in [7, 11) is 0. The molecule has 0 saturated carbocycles. The maximum Gasteiger partial charge on any atom is 0.295 e. The number of aromatic nitrogens is 3. The van der Waals surface area contributed by atoms with Gasteiger partial charge >= 0.3 is 0 Å². The Morgan fingerprint density at radius 3 is 2.41 bits per heavy atom. The zero-order valence-electron chi connectivity index (χ0n) is 16.1. The number of carbonyl (C=O) groups is 1. The van der Waals surface area contributed by atoms with Crippen molar-refractivity contribution in [2.24, 2.45) is 0 Å². The molecule has 0 aliphatic rings. The Balaban J connectivity index is 1.76. The standard InChI is InChI=1S/C23H19ClN4O/c1-15-9-11-20(12-10-15)28-22(17-6-3-5-16(2)13-17)26-21(27-28)23(29)25-19-8-4-7-18(24)14-19/h3-14H,1-2H3,(H,25,29). The first-order valence-corrected chi connectivity index (χ1v) is 9.55. The minimum absolute atomic E-state index is 0.0852. The molecule has 1 N–H and O–H groups in total. The molecule has 3 aromatic carbocycles. The fourth-order valence-corrected chi connectivity index (χ4v) is 3.19. The van der Waals surface area contributed by atoms with Crippen LogP contribution in [-0.4, -0.2) is 20.7 Å². The van der Waals surface area contributed by atoms with Crippen molar-refractivity contribution in [3.05, 3.63) is 94.8 Å². The van der Waals surface area contributed by atoms with E-state index < -0.39 is 5.91 Å². The molecule has 1 heterocycles. The molecule has 0 aliphatic carbocycles. The lowest BCUT2D eigenvalue weighted by Crippen LogP contribution is -2.14. The number of nitrogens with one attached hydrogen (secondary N) is 1. The molecule has 0 atom stereocenters. The fourth-order valence-electron chi connectivity index (χ4n) is 3.00. The highest BCUT2D eigenvalue weighted by Crippen LogP contribution is 2.23. The molecule has 0 fully saturated rings. The van der Waals surface area contributed by atoms with Crippen LogP contribution in [0, 0.1) is 13.8 Å². The number of carbonyl (C=O) groups excluding carboxylic acids is 1. The maximum atomic E-state index is 12.8. The first kappa shape index (κ1) is 18.9. The number of nitrogens with zero attached hydrogens (tertiary/aromatic N) is 3. The third kappa shape index (κ3) is 4.20. The molecule has 4 rings (SSSR count). The minimum Gasteiger partial charge on any atom is -0.319 e. The fraction of sp³-hybridized carbons (Fsp3) is 0.0870. The summed E-state index contributed by atoms with van der Waals surface area (Å²) in [6, 6.07) is 22.8. The van der Waals surface area contributed by atoms with Crippen molar-refractivity contribution in [2.75, 3.05) is 5.32 Å². The predicted molar refractivity (Wildman–Crippen MR) is 116 cm³/mol. The van der Waals surface area contributed by atoms with Gasteiger partial charge in [0, 0.05) is 16.3 Å². The van der Waals surface area contributed by atoms with Gasteiger partial charge in [-0.1, -0.05) is 59.1 Å². The van der Waals surface area contributed by atoms with E-state index >= 15 is 0 Å². The molecule has 1 aromatic heterocycles. The van der Waals surface area contributed by atoms with Crippen LogP contribution in [0.2, 0.25) is 5.02 Å². The van der Waals surface area contributed by atoms with Crippen LogP contribution in [0.4, 0.5) is 5.69 Å². The zero-order valence-corrected chi connectivity index (χ0v) is 16.8. The Hall–Kier alpha value is -3.44. The topological polar surface area (TPSA) is 59.8 Å². The monoisotopic (exact) mass is 402 g/mol. The summed E-state index contributed by atoms with van der Waals surface area (Å²) in [6.07, 6.45) is 0. The van der Waals surface area contributed by atoms with Gasteiger partial charge in [0.05, 0.1) is 5.69 Å². The third-order valence-electron chi connectivity index (χ3n) is 4.45. The Morgan fingerprint density at radius 2 is 1.69 bits per heavy atom. The van der Waals surface area contributed by atoms with Crippen LogP contribution in [0.3, 0.4) is 0 Å². The summed E-state index contributed by atoms with van der Waals surface area (Å²) < 4.78 is 1.70. The highest BCUT2D eigenvalue weighted by Gasteiger charge is 2.19. The largest absolute Gasteiger partial charge is 0.319 e. The molecule has 0 spiro atoms. The highest BCUT2D eigenvalue weighted by atomic mass is 35.5. The van der Waals surface area contributed by atoms with Crippen molar-refractivity contribution >= 4 is 23.2 Å². The van der Waals surface area contributed by atoms with Crippen LogP contribution in [0.5, 0.6) is 0 Å². The van der Waals surface area contributed by atoms with Crippen molar-refractivity contribution in [1.82, 2.24) is 14.8 Å². The van der Waals surface area contributed by atoms with Gasteiger partial charge in [-0.05, 0) is 50.2 Å². The Kier molecular flexibility index (Phi) is 5.14. The predicted octanol–water partition coefficient (Wildman–Crippen LogP) is 5.46. The van der Waals surface area contributed by atoms with Gasteiger partial charge in [-0.2, -0.15) is 0 Å². The van der Waals surface area contributed by atoms with Crippen LogP contribution >= 0.6 is 11.6 Å². The second kappa shape index (κ2) is 7.89. The summed E-state index contributed by atoms with van der Waals surface area (Å²) >= 11 is 6.00. The van der Waals surface area contributed by atoms with Gasteiger partial charge in [0.15, 0.2) is 5.82 Å². The molecule has 4 aromatic rings. The molecule has 0 saturated heterocycles. The van der Waals surface area contributed by atoms with Gasteiger partial charge in [0.25, 0.3) is 5.91 Å². The second-order valence-electron chi connectivity index (χ2n) is 6.84. The van der Waals surface area contributed by atoms with E-state index in [1.54, 1.807) is 28.9 Å². The third-order valence-corrected chi connectivity index (χ3v) is 4.68. The number of amides is 1. The lowest BCUT2D eigenvalue weighted by atomic mass is 10.1. The highest BCUT2D eigenvalue weighted by molar-refractivity contribution is 6.30. The molecule has 6 heteroatoms. The molecule has 0 unspecified atom stereocenters. The van der Waals surface area contributed by atoms with Crippen molar-refractivity contribution in [3.63, 3.8) is 0 Å². The lowest BCUT2D eigenvalue weighted by Gasteiger charge is -2.07. The smallest absolute Gasteiger partial charge is 0.295 e. The van der Waals surface area contributed by atoms with Crippen LogP contribution in [0.25, 0.3) is 17.1 Å². The number of hydrogen-bond acceptors (Lipinski definition) is 3. The Labute approximate surface area is 174 Å². The Bertz CT molecular complexity index is 1180. The van der Waals surface area contributed by atoms with E-state index in [2.05, 4.69) is 15.4 Å². The van der Waals surface area contributed by atoms with E-state index in [1.807, 2.05) is 62.4 Å². The van der Waals surface area contributed by atoms with Gasteiger partial charge in [-0.3, -0.25) is 4.79 Å². The molecule has 1 amide bonds. The minimum atomic E-state index is -0.396. The van der Waals surface area contributed by atoms with Gasteiger partial charge in [0.2, 0.25) is 5.82 Å². The zero-order chi connectivity index (χ0) is 20.4. The van der Waals surface area contributed by atoms with Crippen LogP contribution in [0.15, 0.2) is 72.8 Å². The van der Waals surface area contributed by atoms with Crippen molar-refractivity contribution in [1.29, 1.82) is 0 Å². The van der Waals surface area contributed by atoms with Crippen LogP contribution in [-0.2, 0) is 0 Å². The molecule has 29 heavy (non-hydrogen) atoms. The normalized spacial score (nSPS) is 10.7. The summed E-state index contributed by atoms with van der Waals surface area (Å²) in [6.45, 7) is 4.04. The summed E-state index contributed by atoms with van der Waals surface area (Å²) in [5, 5.41) is 7.84. The molecule has 5 nitrogen and oxygen atoms in total. The first-order chi connectivity index (χ1) is 14.0. The van der Waals surface area contributed by atoms with E-state index in [0.29, 0.717) is 16.5 Å². The van der Waals surface area contributed by atoms with E-state index in [-0.39, 0.29) is 5.82 Å². The second-order valence-corrected chi connectivity index (χ2v) is 7.28. The van der Waals surface area contributed by atoms with Crippen molar-refractivity contribution in [3.8, 4) is 17.1 Å². The molecular weight excluding hydrogens is 384 g/mol.